The van der Waals surface area contributed by atoms with Crippen LogP contribution in [0, 0.1) is 0 Å². The van der Waals surface area contributed by atoms with E-state index in [9.17, 15) is 4.79 Å². The number of carbonyl (C=O) groups is 1. The van der Waals surface area contributed by atoms with Crippen LogP contribution in [0.3, 0.4) is 0 Å². The highest BCUT2D eigenvalue weighted by molar-refractivity contribution is 5.78. The van der Waals surface area contributed by atoms with Crippen LogP contribution in [-0.4, -0.2) is 19.0 Å². The van der Waals surface area contributed by atoms with Crippen LogP contribution in [-0.2, 0) is 16.0 Å². The lowest BCUT2D eigenvalue weighted by Gasteiger charge is -2.04. The van der Waals surface area contributed by atoms with Crippen molar-refractivity contribution in [2.24, 2.45) is 0 Å². The average Bonchev–Trinajstić information content (AvgIpc) is 2.35. The van der Waals surface area contributed by atoms with Gasteiger partial charge in [0.1, 0.15) is 5.78 Å². The summed E-state index contributed by atoms with van der Waals surface area (Å²) in [4.78, 5) is 11.2. The predicted octanol–water partition coefficient (Wildman–Crippen LogP) is 3.40. The number of hydrogen-bond donors (Lipinski definition) is 0. The van der Waals surface area contributed by atoms with Gasteiger partial charge in [0.15, 0.2) is 0 Å². The van der Waals surface area contributed by atoms with Gasteiger partial charge >= 0.3 is 0 Å². The molecule has 2 heteroatoms. The molecule has 0 aliphatic carbocycles. The Kier molecular flexibility index (Phi) is 7.32. The molecule has 0 aromatic heterocycles. The number of ketones is 1. The third-order valence-electron chi connectivity index (χ3n) is 2.65. The van der Waals surface area contributed by atoms with E-state index < -0.39 is 0 Å². The lowest BCUT2D eigenvalue weighted by molar-refractivity contribution is -0.119. The molecule has 94 valence electrons. The topological polar surface area (TPSA) is 26.3 Å². The third-order valence-corrected chi connectivity index (χ3v) is 2.65. The fraction of sp³-hybridized carbons (Fsp3) is 0.533. The molecule has 1 aromatic carbocycles. The van der Waals surface area contributed by atoms with Crippen LogP contribution in [0.4, 0.5) is 0 Å². The second kappa shape index (κ2) is 8.94. The van der Waals surface area contributed by atoms with E-state index in [-0.39, 0.29) is 0 Å². The average molecular weight is 234 g/mol. The molecule has 0 saturated heterocycles. The van der Waals surface area contributed by atoms with E-state index in [1.807, 2.05) is 25.1 Å². The zero-order valence-corrected chi connectivity index (χ0v) is 10.7. The van der Waals surface area contributed by atoms with Crippen LogP contribution in [0.15, 0.2) is 30.3 Å². The first-order valence-corrected chi connectivity index (χ1v) is 6.46. The van der Waals surface area contributed by atoms with Crippen LogP contribution in [0.2, 0.25) is 0 Å². The monoisotopic (exact) mass is 234 g/mol. The molecule has 1 aromatic rings. The largest absolute Gasteiger partial charge is 0.381 e. The van der Waals surface area contributed by atoms with Crippen molar-refractivity contribution in [2.45, 2.75) is 39.0 Å². The maximum absolute atomic E-state index is 11.2. The molecule has 0 unspecified atom stereocenters. The third kappa shape index (κ3) is 6.90. The molecule has 0 saturated carbocycles. The Morgan fingerprint density at radius 1 is 1.12 bits per heavy atom. The first kappa shape index (κ1) is 13.9. The lowest BCUT2D eigenvalue weighted by Crippen LogP contribution is -2.03. The summed E-state index contributed by atoms with van der Waals surface area (Å²) in [5, 5.41) is 0. The van der Waals surface area contributed by atoms with Gasteiger partial charge in [-0.1, -0.05) is 37.3 Å². The van der Waals surface area contributed by atoms with E-state index >= 15 is 0 Å². The van der Waals surface area contributed by atoms with E-state index in [0.29, 0.717) is 25.2 Å². The molecule has 0 spiro atoms. The number of hydrogen-bond acceptors (Lipinski definition) is 2. The number of rotatable bonds is 9. The van der Waals surface area contributed by atoms with Gasteiger partial charge in [0.2, 0.25) is 0 Å². The minimum atomic E-state index is 0.360. The fourth-order valence-electron chi connectivity index (χ4n) is 1.71. The van der Waals surface area contributed by atoms with Crippen molar-refractivity contribution in [3.05, 3.63) is 35.9 Å². The highest BCUT2D eigenvalue weighted by Crippen LogP contribution is 2.01. The predicted molar refractivity (Wildman–Crippen MR) is 70.1 cm³/mol. The van der Waals surface area contributed by atoms with Gasteiger partial charge < -0.3 is 4.74 Å². The minimum absolute atomic E-state index is 0.360. The smallest absolute Gasteiger partial charge is 0.132 e. The molecule has 1 rings (SSSR count). The van der Waals surface area contributed by atoms with Crippen molar-refractivity contribution >= 4 is 5.78 Å². The Balaban J connectivity index is 1.96. The number of ether oxygens (including phenoxy) is 1. The summed E-state index contributed by atoms with van der Waals surface area (Å²) in [7, 11) is 0. The quantitative estimate of drug-likeness (QED) is 0.612. The van der Waals surface area contributed by atoms with Crippen LogP contribution in [0.5, 0.6) is 0 Å². The van der Waals surface area contributed by atoms with Crippen LogP contribution in [0.1, 0.15) is 38.2 Å². The van der Waals surface area contributed by atoms with Crippen LogP contribution < -0.4 is 0 Å². The highest BCUT2D eigenvalue weighted by atomic mass is 16.5. The van der Waals surface area contributed by atoms with Crippen molar-refractivity contribution in [2.75, 3.05) is 13.2 Å². The molecule has 0 bridgehead atoms. The SMILES string of the molecule is CCCC(=O)CCCOCCc1ccccc1. The van der Waals surface area contributed by atoms with Crippen molar-refractivity contribution in [3.8, 4) is 0 Å². The molecule has 0 atom stereocenters. The standard InChI is InChI=1S/C15H22O2/c1-2-7-15(16)10-6-12-17-13-11-14-8-4-3-5-9-14/h3-5,8-9H,2,6-7,10-13H2,1H3. The molecule has 17 heavy (non-hydrogen) atoms. The van der Waals surface area contributed by atoms with Crippen molar-refractivity contribution < 1.29 is 9.53 Å². The molecule has 0 aliphatic rings. The summed E-state index contributed by atoms with van der Waals surface area (Å²) >= 11 is 0. The second-order valence-electron chi connectivity index (χ2n) is 4.24. The van der Waals surface area contributed by atoms with E-state index in [1.165, 1.54) is 5.56 Å². The van der Waals surface area contributed by atoms with Gasteiger partial charge in [0, 0.05) is 19.4 Å². The highest BCUT2D eigenvalue weighted by Gasteiger charge is 1.99. The first-order valence-electron chi connectivity index (χ1n) is 6.46. The van der Waals surface area contributed by atoms with Gasteiger partial charge in [-0.25, -0.2) is 0 Å². The summed E-state index contributed by atoms with van der Waals surface area (Å²) in [6.45, 7) is 3.47. The van der Waals surface area contributed by atoms with Crippen molar-refractivity contribution in [1.82, 2.24) is 0 Å². The Bertz CT molecular complexity index is 306. The van der Waals surface area contributed by atoms with Gasteiger partial charge in [-0.2, -0.15) is 0 Å². The van der Waals surface area contributed by atoms with E-state index in [0.717, 1.165) is 25.9 Å². The van der Waals surface area contributed by atoms with Gasteiger partial charge in [0.25, 0.3) is 0 Å². The second-order valence-corrected chi connectivity index (χ2v) is 4.24. The molecule has 0 heterocycles. The van der Waals surface area contributed by atoms with E-state index in [2.05, 4.69) is 12.1 Å². The van der Waals surface area contributed by atoms with Crippen LogP contribution in [0.25, 0.3) is 0 Å². The van der Waals surface area contributed by atoms with Gasteiger partial charge in [-0.05, 0) is 24.8 Å². The Hall–Kier alpha value is -1.15. The minimum Gasteiger partial charge on any atom is -0.381 e. The zero-order chi connectivity index (χ0) is 12.3. The fourth-order valence-corrected chi connectivity index (χ4v) is 1.71. The van der Waals surface area contributed by atoms with E-state index in [4.69, 9.17) is 4.74 Å². The zero-order valence-electron chi connectivity index (χ0n) is 10.7. The maximum Gasteiger partial charge on any atom is 0.132 e. The first-order chi connectivity index (χ1) is 8.33. The van der Waals surface area contributed by atoms with Crippen molar-refractivity contribution in [1.29, 1.82) is 0 Å². The van der Waals surface area contributed by atoms with Crippen LogP contribution >= 0.6 is 0 Å². The van der Waals surface area contributed by atoms with Gasteiger partial charge in [-0.15, -0.1) is 0 Å². The normalized spacial score (nSPS) is 10.4. The molecule has 2 nitrogen and oxygen atoms in total. The summed E-state index contributed by atoms with van der Waals surface area (Å²) in [6.07, 6.45) is 4.13. The van der Waals surface area contributed by atoms with Gasteiger partial charge in [-0.3, -0.25) is 4.79 Å². The summed E-state index contributed by atoms with van der Waals surface area (Å²) in [6, 6.07) is 10.3. The Morgan fingerprint density at radius 2 is 1.88 bits per heavy atom. The molecule has 0 amide bonds. The molecule has 0 N–H and O–H groups in total. The lowest BCUT2D eigenvalue weighted by atomic mass is 10.1. The molecule has 0 radical (unpaired) electrons. The molecular formula is C15H22O2. The van der Waals surface area contributed by atoms with Crippen molar-refractivity contribution in [3.63, 3.8) is 0 Å². The number of carbonyl (C=O) groups excluding carboxylic acids is 1. The summed E-state index contributed by atoms with van der Waals surface area (Å²) in [5.41, 5.74) is 1.30. The number of benzene rings is 1. The number of Topliss-reactive ketones (excluding diaryl/α,β-unsaturated/α-hetero) is 1. The summed E-state index contributed by atoms with van der Waals surface area (Å²) in [5.74, 6) is 0.360. The van der Waals surface area contributed by atoms with Gasteiger partial charge in [0.05, 0.1) is 6.61 Å². The maximum atomic E-state index is 11.2. The Labute approximate surface area is 104 Å². The van der Waals surface area contributed by atoms with E-state index in [1.54, 1.807) is 0 Å². The molecule has 0 aliphatic heterocycles. The summed E-state index contributed by atoms with van der Waals surface area (Å²) < 4.78 is 5.51. The molecular weight excluding hydrogens is 212 g/mol. The Morgan fingerprint density at radius 3 is 2.59 bits per heavy atom. The molecule has 0 fully saturated rings.